The molecule has 0 aliphatic heterocycles. The van der Waals surface area contributed by atoms with Crippen molar-refractivity contribution in [3.8, 4) is 0 Å². The van der Waals surface area contributed by atoms with E-state index in [1.807, 2.05) is 5.38 Å². The summed E-state index contributed by atoms with van der Waals surface area (Å²) in [6.07, 6.45) is 0. The molecule has 1 heterocycles. The first-order valence-corrected chi connectivity index (χ1v) is 5.45. The highest BCUT2D eigenvalue weighted by Crippen LogP contribution is 2.19. The molecule has 0 bridgehead atoms. The first-order chi connectivity index (χ1) is 7.15. The van der Waals surface area contributed by atoms with Gasteiger partial charge in [-0.3, -0.25) is 4.79 Å². The number of hydrogen-bond donors (Lipinski definition) is 1. The Bertz CT molecular complexity index is 362. The molecular weight excluding hydrogens is 246 g/mol. The van der Waals surface area contributed by atoms with Gasteiger partial charge in [0.05, 0.1) is 0 Å². The van der Waals surface area contributed by atoms with Gasteiger partial charge >= 0.3 is 5.97 Å². The lowest BCUT2D eigenvalue weighted by molar-refractivity contribution is -0.139. The van der Waals surface area contributed by atoms with Gasteiger partial charge in [0.25, 0.3) is 0 Å². The quantitative estimate of drug-likeness (QED) is 0.664. The van der Waals surface area contributed by atoms with Crippen molar-refractivity contribution in [1.29, 1.82) is 0 Å². The van der Waals surface area contributed by atoms with Gasteiger partial charge in [0.15, 0.2) is 11.6 Å². The highest BCUT2D eigenvalue weighted by atomic mass is 32.1. The Balaban J connectivity index is 0.00000225. The largest absolute Gasteiger partial charge is 0.421 e. The van der Waals surface area contributed by atoms with Crippen molar-refractivity contribution in [3.63, 3.8) is 0 Å². The number of carbonyl (C=O) groups excluding carboxylic acids is 2. The number of thiocarbonyl (C=S) groups is 1. The third kappa shape index (κ3) is 4.08. The minimum atomic E-state index is -0.776. The molecule has 0 radical (unpaired) electrons. The molecule has 6 heteroatoms. The minimum absolute atomic E-state index is 0. The van der Waals surface area contributed by atoms with Gasteiger partial charge in [0, 0.05) is 11.8 Å². The van der Waals surface area contributed by atoms with Crippen molar-refractivity contribution in [2.75, 3.05) is 0 Å². The molecule has 1 aromatic heterocycles. The predicted octanol–water partition coefficient (Wildman–Crippen LogP) is 2.06. The lowest BCUT2D eigenvalue weighted by atomic mass is 10.2. The Morgan fingerprint density at radius 2 is 2.31 bits per heavy atom. The molecule has 0 fully saturated rings. The van der Waals surface area contributed by atoms with E-state index >= 15 is 0 Å². The van der Waals surface area contributed by atoms with Crippen molar-refractivity contribution in [2.24, 2.45) is 0 Å². The van der Waals surface area contributed by atoms with E-state index in [2.05, 4.69) is 22.3 Å². The van der Waals surface area contributed by atoms with Gasteiger partial charge in [-0.25, -0.2) is 4.79 Å². The monoisotopic (exact) mass is 259 g/mol. The number of rotatable bonds is 4. The van der Waals surface area contributed by atoms with Gasteiger partial charge in [-0.2, -0.15) is 0 Å². The lowest BCUT2D eigenvalue weighted by Crippen LogP contribution is -2.32. The molecule has 1 unspecified atom stereocenters. The van der Waals surface area contributed by atoms with Crippen molar-refractivity contribution in [3.05, 3.63) is 22.4 Å². The third-order valence-corrected chi connectivity index (χ3v) is 2.61. The molecule has 0 aromatic carbocycles. The van der Waals surface area contributed by atoms with Crippen molar-refractivity contribution in [2.45, 2.75) is 20.4 Å². The number of esters is 1. The average molecular weight is 259 g/mol. The maximum atomic E-state index is 11.4. The average Bonchev–Trinajstić information content (AvgIpc) is 2.66. The summed E-state index contributed by atoms with van der Waals surface area (Å²) in [6, 6.07) is 2.76. The number of hydrogen-bond acceptors (Lipinski definition) is 5. The Morgan fingerprint density at radius 1 is 1.62 bits per heavy atom. The zero-order valence-electron chi connectivity index (χ0n) is 7.93. The van der Waals surface area contributed by atoms with Crippen LogP contribution in [0.3, 0.4) is 0 Å². The molecule has 1 atom stereocenters. The summed E-state index contributed by atoms with van der Waals surface area (Å²) in [4.78, 5) is 23.1. The van der Waals surface area contributed by atoms with Crippen LogP contribution in [0.4, 0.5) is 0 Å². The van der Waals surface area contributed by atoms with E-state index in [0.29, 0.717) is 4.88 Å². The fraction of sp³-hybridized carbons (Fsp3) is 0.300. The van der Waals surface area contributed by atoms with E-state index in [-0.39, 0.29) is 13.3 Å². The van der Waals surface area contributed by atoms with Crippen LogP contribution in [0.15, 0.2) is 17.5 Å². The van der Waals surface area contributed by atoms with E-state index in [0.717, 1.165) is 5.55 Å². The van der Waals surface area contributed by atoms with Gasteiger partial charge in [0.2, 0.25) is 5.91 Å². The van der Waals surface area contributed by atoms with E-state index in [1.165, 1.54) is 18.3 Å². The van der Waals surface area contributed by atoms with Crippen LogP contribution in [-0.4, -0.2) is 17.4 Å². The Morgan fingerprint density at radius 3 is 2.75 bits per heavy atom. The topological polar surface area (TPSA) is 55.4 Å². The standard InChI is InChI=1S/C9H9NO3S2.CH4/c1-6(11)10-8(9(12)13-5-14)7-3-2-4-15-7;/h2-5,8H,1H3,(H,10,11);1H4. The number of nitrogens with one attached hydrogen (secondary N) is 1. The van der Waals surface area contributed by atoms with E-state index in [9.17, 15) is 9.59 Å². The summed E-state index contributed by atoms with van der Waals surface area (Å²) in [5, 5.41) is 4.31. The molecule has 1 N–H and O–H groups in total. The third-order valence-electron chi connectivity index (χ3n) is 1.58. The fourth-order valence-electron chi connectivity index (χ4n) is 1.02. The summed E-state index contributed by atoms with van der Waals surface area (Å²) in [5.74, 6) is -0.877. The molecule has 0 aliphatic carbocycles. The van der Waals surface area contributed by atoms with Crippen molar-refractivity contribution in [1.82, 2.24) is 5.32 Å². The van der Waals surface area contributed by atoms with Gasteiger partial charge in [-0.1, -0.05) is 13.5 Å². The highest BCUT2D eigenvalue weighted by molar-refractivity contribution is 7.78. The molecule has 88 valence electrons. The highest BCUT2D eigenvalue weighted by Gasteiger charge is 2.23. The molecule has 1 aromatic rings. The Hall–Kier alpha value is -1.27. The fourth-order valence-corrected chi connectivity index (χ4v) is 1.88. The molecule has 1 amide bonds. The van der Waals surface area contributed by atoms with Crippen molar-refractivity contribution >= 4 is 41.0 Å². The summed E-state index contributed by atoms with van der Waals surface area (Å²) in [7, 11) is 0. The lowest BCUT2D eigenvalue weighted by Gasteiger charge is -2.12. The van der Waals surface area contributed by atoms with Crippen LogP contribution in [0.25, 0.3) is 0 Å². The first-order valence-electron chi connectivity index (χ1n) is 4.09. The zero-order chi connectivity index (χ0) is 11.3. The van der Waals surface area contributed by atoms with Crippen LogP contribution in [0.2, 0.25) is 0 Å². The van der Waals surface area contributed by atoms with Crippen LogP contribution in [0, 0.1) is 0 Å². The van der Waals surface area contributed by atoms with Crippen LogP contribution in [0.1, 0.15) is 25.3 Å². The van der Waals surface area contributed by atoms with E-state index in [1.54, 1.807) is 12.1 Å². The van der Waals surface area contributed by atoms with Gasteiger partial charge in [-0.15, -0.1) is 11.3 Å². The van der Waals surface area contributed by atoms with Gasteiger partial charge < -0.3 is 10.1 Å². The number of carbonyl (C=O) groups is 2. The number of ether oxygens (including phenoxy) is 1. The normalized spacial score (nSPS) is 10.8. The molecule has 4 nitrogen and oxygen atoms in total. The molecule has 0 saturated heterocycles. The minimum Gasteiger partial charge on any atom is -0.421 e. The molecule has 0 aliphatic rings. The van der Waals surface area contributed by atoms with E-state index in [4.69, 9.17) is 0 Å². The second kappa shape index (κ2) is 7.08. The van der Waals surface area contributed by atoms with E-state index < -0.39 is 12.0 Å². The second-order valence-electron chi connectivity index (χ2n) is 2.68. The van der Waals surface area contributed by atoms with Gasteiger partial charge in [-0.05, 0) is 23.7 Å². The van der Waals surface area contributed by atoms with Crippen molar-refractivity contribution < 1.29 is 14.3 Å². The molecule has 0 saturated carbocycles. The summed E-state index contributed by atoms with van der Waals surface area (Å²) in [5.41, 5.74) is 0.880. The molecule has 0 spiro atoms. The number of thiophene rings is 1. The van der Waals surface area contributed by atoms with Gasteiger partial charge in [0.1, 0.15) is 0 Å². The SMILES string of the molecule is C.CC(=O)NC(C(=O)OC=S)c1cccs1. The Labute approximate surface area is 104 Å². The molecular formula is C10H13NO3S2. The molecule has 1 rings (SSSR count). The maximum absolute atomic E-state index is 11.4. The Kier molecular flexibility index (Phi) is 6.52. The summed E-state index contributed by atoms with van der Waals surface area (Å²) < 4.78 is 4.57. The second-order valence-corrected chi connectivity index (χ2v) is 3.85. The molecule has 16 heavy (non-hydrogen) atoms. The zero-order valence-corrected chi connectivity index (χ0v) is 9.56. The summed E-state index contributed by atoms with van der Waals surface area (Å²) in [6.45, 7) is 1.34. The first kappa shape index (κ1) is 14.7. The van der Waals surface area contributed by atoms with Crippen LogP contribution in [0.5, 0.6) is 0 Å². The maximum Gasteiger partial charge on any atom is 0.339 e. The van der Waals surface area contributed by atoms with Crippen LogP contribution < -0.4 is 5.32 Å². The smallest absolute Gasteiger partial charge is 0.339 e. The van der Waals surface area contributed by atoms with Crippen LogP contribution >= 0.6 is 23.6 Å². The number of amides is 1. The van der Waals surface area contributed by atoms with Crippen LogP contribution in [-0.2, 0) is 14.3 Å². The summed E-state index contributed by atoms with van der Waals surface area (Å²) >= 11 is 5.78. The predicted molar refractivity (Wildman–Crippen MR) is 67.4 cm³/mol.